The number of hydrogen-bond donors (Lipinski definition) is 1. The lowest BCUT2D eigenvalue weighted by Crippen LogP contribution is -2.36. The van der Waals surface area contributed by atoms with Crippen LogP contribution in [0.4, 0.5) is 0 Å². The molecule has 1 rings (SSSR count). The number of hydrogen-bond acceptors (Lipinski definition) is 2. The molecule has 2 unspecified atom stereocenters. The van der Waals surface area contributed by atoms with Crippen molar-refractivity contribution in [1.29, 1.82) is 0 Å². The van der Waals surface area contributed by atoms with E-state index in [2.05, 4.69) is 11.8 Å². The van der Waals surface area contributed by atoms with Crippen molar-refractivity contribution in [3.8, 4) is 0 Å². The topological polar surface area (TPSA) is 23.5 Å². The van der Waals surface area contributed by atoms with Crippen LogP contribution in [0.2, 0.25) is 5.02 Å². The standard InChI is InChI=1S/C13H20ClNO/c1-10(9-15(3)4)13(2,16)11-5-7-12(14)8-6-11/h5-8,10,16H,9H2,1-4H3. The van der Waals surface area contributed by atoms with Crippen LogP contribution in [0.25, 0.3) is 0 Å². The van der Waals surface area contributed by atoms with E-state index in [0.717, 1.165) is 12.1 Å². The van der Waals surface area contributed by atoms with Gasteiger partial charge in [-0.05, 0) is 38.7 Å². The summed E-state index contributed by atoms with van der Waals surface area (Å²) in [4.78, 5) is 2.08. The third-order valence-electron chi connectivity index (χ3n) is 3.03. The Bertz CT molecular complexity index is 332. The third kappa shape index (κ3) is 3.21. The fourth-order valence-electron chi connectivity index (χ4n) is 1.80. The highest BCUT2D eigenvalue weighted by atomic mass is 35.5. The van der Waals surface area contributed by atoms with Crippen molar-refractivity contribution < 1.29 is 5.11 Å². The maximum Gasteiger partial charge on any atom is 0.0906 e. The van der Waals surface area contributed by atoms with Gasteiger partial charge in [0.1, 0.15) is 0 Å². The zero-order chi connectivity index (χ0) is 12.3. The Balaban J connectivity index is 2.87. The summed E-state index contributed by atoms with van der Waals surface area (Å²) in [6, 6.07) is 7.39. The van der Waals surface area contributed by atoms with Crippen molar-refractivity contribution in [2.24, 2.45) is 5.92 Å². The molecule has 0 bridgehead atoms. The van der Waals surface area contributed by atoms with Gasteiger partial charge in [-0.2, -0.15) is 0 Å². The highest BCUT2D eigenvalue weighted by Gasteiger charge is 2.30. The quantitative estimate of drug-likeness (QED) is 0.876. The summed E-state index contributed by atoms with van der Waals surface area (Å²) < 4.78 is 0. The van der Waals surface area contributed by atoms with Gasteiger partial charge in [0, 0.05) is 17.5 Å². The molecule has 16 heavy (non-hydrogen) atoms. The lowest BCUT2D eigenvalue weighted by molar-refractivity contribution is -0.00777. The van der Waals surface area contributed by atoms with E-state index in [1.165, 1.54) is 0 Å². The minimum Gasteiger partial charge on any atom is -0.385 e. The highest BCUT2D eigenvalue weighted by molar-refractivity contribution is 6.30. The number of rotatable bonds is 4. The summed E-state index contributed by atoms with van der Waals surface area (Å²) in [5.74, 6) is 0.156. The second kappa shape index (κ2) is 5.17. The van der Waals surface area contributed by atoms with Crippen molar-refractivity contribution in [2.75, 3.05) is 20.6 Å². The molecule has 0 amide bonds. The Morgan fingerprint density at radius 2 is 1.81 bits per heavy atom. The van der Waals surface area contributed by atoms with Gasteiger partial charge >= 0.3 is 0 Å². The molecule has 0 fully saturated rings. The average molecular weight is 242 g/mol. The molecular formula is C13H20ClNO. The van der Waals surface area contributed by atoms with Crippen LogP contribution in [0, 0.1) is 5.92 Å². The maximum absolute atomic E-state index is 10.5. The van der Waals surface area contributed by atoms with Gasteiger partial charge in [-0.3, -0.25) is 0 Å². The highest BCUT2D eigenvalue weighted by Crippen LogP contribution is 2.30. The molecule has 1 aromatic rings. The fourth-order valence-corrected chi connectivity index (χ4v) is 1.92. The molecule has 0 aromatic heterocycles. The molecule has 0 aliphatic rings. The fraction of sp³-hybridized carbons (Fsp3) is 0.538. The normalized spacial score (nSPS) is 17.2. The minimum absolute atomic E-state index is 0.156. The van der Waals surface area contributed by atoms with E-state index in [1.807, 2.05) is 45.3 Å². The van der Waals surface area contributed by atoms with Crippen LogP contribution in [0.5, 0.6) is 0 Å². The first-order valence-corrected chi connectivity index (χ1v) is 5.85. The van der Waals surface area contributed by atoms with Crippen LogP contribution >= 0.6 is 11.6 Å². The average Bonchev–Trinajstić information content (AvgIpc) is 2.17. The van der Waals surface area contributed by atoms with Gasteiger partial charge in [-0.1, -0.05) is 30.7 Å². The first kappa shape index (κ1) is 13.5. The summed E-state index contributed by atoms with van der Waals surface area (Å²) in [5.41, 5.74) is 0.0840. The second-order valence-electron chi connectivity index (χ2n) is 4.82. The molecule has 0 aliphatic carbocycles. The number of nitrogens with zero attached hydrogens (tertiary/aromatic N) is 1. The van der Waals surface area contributed by atoms with Crippen molar-refractivity contribution in [1.82, 2.24) is 4.90 Å². The zero-order valence-electron chi connectivity index (χ0n) is 10.4. The van der Waals surface area contributed by atoms with Crippen LogP contribution in [0.1, 0.15) is 19.4 Å². The Morgan fingerprint density at radius 1 is 1.31 bits per heavy atom. The number of benzene rings is 1. The Hall–Kier alpha value is -0.570. The maximum atomic E-state index is 10.5. The Kier molecular flexibility index (Phi) is 4.36. The summed E-state index contributed by atoms with van der Waals surface area (Å²) >= 11 is 5.84. The third-order valence-corrected chi connectivity index (χ3v) is 3.28. The summed E-state index contributed by atoms with van der Waals surface area (Å²) in [5, 5.41) is 11.2. The van der Waals surface area contributed by atoms with Gasteiger partial charge in [0.15, 0.2) is 0 Å². The molecule has 2 nitrogen and oxygen atoms in total. The van der Waals surface area contributed by atoms with Gasteiger partial charge < -0.3 is 10.0 Å². The molecule has 0 aliphatic heterocycles. The Morgan fingerprint density at radius 3 is 2.25 bits per heavy atom. The summed E-state index contributed by atoms with van der Waals surface area (Å²) in [6.07, 6.45) is 0. The van der Waals surface area contributed by atoms with Crippen LogP contribution < -0.4 is 0 Å². The second-order valence-corrected chi connectivity index (χ2v) is 5.25. The first-order valence-electron chi connectivity index (χ1n) is 5.47. The van der Waals surface area contributed by atoms with Crippen LogP contribution in [-0.2, 0) is 5.60 Å². The predicted octanol–water partition coefficient (Wildman–Crippen LogP) is 2.75. The van der Waals surface area contributed by atoms with E-state index in [9.17, 15) is 5.11 Å². The molecule has 1 N–H and O–H groups in total. The largest absolute Gasteiger partial charge is 0.385 e. The Labute approximate surface area is 103 Å². The van der Waals surface area contributed by atoms with Crippen LogP contribution in [0.15, 0.2) is 24.3 Å². The lowest BCUT2D eigenvalue weighted by atomic mass is 9.84. The minimum atomic E-state index is -0.825. The van der Waals surface area contributed by atoms with Crippen molar-refractivity contribution in [2.45, 2.75) is 19.4 Å². The van der Waals surface area contributed by atoms with Crippen molar-refractivity contribution in [3.63, 3.8) is 0 Å². The van der Waals surface area contributed by atoms with E-state index < -0.39 is 5.60 Å². The molecule has 0 heterocycles. The van der Waals surface area contributed by atoms with E-state index in [1.54, 1.807) is 0 Å². The number of halogens is 1. The molecule has 0 spiro atoms. The lowest BCUT2D eigenvalue weighted by Gasteiger charge is -2.32. The van der Waals surface area contributed by atoms with Crippen LogP contribution in [0.3, 0.4) is 0 Å². The summed E-state index contributed by atoms with van der Waals surface area (Å²) in [7, 11) is 4.02. The van der Waals surface area contributed by atoms with E-state index >= 15 is 0 Å². The van der Waals surface area contributed by atoms with E-state index in [-0.39, 0.29) is 5.92 Å². The number of aliphatic hydroxyl groups is 1. The van der Waals surface area contributed by atoms with Crippen molar-refractivity contribution >= 4 is 11.6 Å². The predicted molar refractivity (Wildman–Crippen MR) is 68.7 cm³/mol. The van der Waals surface area contributed by atoms with Gasteiger partial charge in [-0.25, -0.2) is 0 Å². The molecule has 1 aromatic carbocycles. The molecule has 90 valence electrons. The van der Waals surface area contributed by atoms with E-state index in [4.69, 9.17) is 11.6 Å². The molecule has 3 heteroatoms. The van der Waals surface area contributed by atoms with Crippen molar-refractivity contribution in [3.05, 3.63) is 34.9 Å². The molecular weight excluding hydrogens is 222 g/mol. The SMILES string of the molecule is CC(CN(C)C)C(C)(O)c1ccc(Cl)cc1. The molecule has 2 atom stereocenters. The van der Waals surface area contributed by atoms with E-state index in [0.29, 0.717) is 5.02 Å². The van der Waals surface area contributed by atoms with Gasteiger partial charge in [0.25, 0.3) is 0 Å². The van der Waals surface area contributed by atoms with Crippen LogP contribution in [-0.4, -0.2) is 30.6 Å². The molecule has 0 saturated heterocycles. The monoisotopic (exact) mass is 241 g/mol. The zero-order valence-corrected chi connectivity index (χ0v) is 11.1. The molecule has 0 radical (unpaired) electrons. The van der Waals surface area contributed by atoms with Gasteiger partial charge in [0.2, 0.25) is 0 Å². The summed E-state index contributed by atoms with van der Waals surface area (Å²) in [6.45, 7) is 4.74. The smallest absolute Gasteiger partial charge is 0.0906 e. The van der Waals surface area contributed by atoms with Gasteiger partial charge in [0.05, 0.1) is 5.60 Å². The first-order chi connectivity index (χ1) is 7.34. The van der Waals surface area contributed by atoms with Gasteiger partial charge in [-0.15, -0.1) is 0 Å². The molecule has 0 saturated carbocycles.